The van der Waals surface area contributed by atoms with Crippen molar-refractivity contribution in [1.29, 1.82) is 5.26 Å². The molecule has 1 aliphatic carbocycles. The Bertz CT molecular complexity index is 1240. The molecular formula is C21H18N6O2. The van der Waals surface area contributed by atoms with Crippen molar-refractivity contribution in [3.8, 4) is 17.5 Å². The van der Waals surface area contributed by atoms with Crippen LogP contribution in [0.5, 0.6) is 0 Å². The second kappa shape index (κ2) is 6.95. The van der Waals surface area contributed by atoms with Gasteiger partial charge in [-0.15, -0.1) is 0 Å². The average molecular weight is 386 g/mol. The zero-order valence-electron chi connectivity index (χ0n) is 15.5. The number of pyridine rings is 1. The number of anilines is 2. The van der Waals surface area contributed by atoms with Gasteiger partial charge in [-0.25, -0.2) is 4.98 Å². The van der Waals surface area contributed by atoms with Crippen LogP contribution < -0.4 is 10.9 Å². The lowest BCUT2D eigenvalue weighted by atomic mass is 10.1. The molecule has 8 heteroatoms. The summed E-state index contributed by atoms with van der Waals surface area (Å²) < 4.78 is 7.16. The third kappa shape index (κ3) is 3.17. The van der Waals surface area contributed by atoms with Crippen molar-refractivity contribution < 1.29 is 4.42 Å². The van der Waals surface area contributed by atoms with Crippen LogP contribution in [0.3, 0.4) is 0 Å². The fraction of sp³-hybridized carbons (Fsp3) is 0.238. The van der Waals surface area contributed by atoms with Crippen LogP contribution in [-0.2, 0) is 0 Å². The van der Waals surface area contributed by atoms with E-state index in [1.54, 1.807) is 12.4 Å². The van der Waals surface area contributed by atoms with Crippen LogP contribution in [0.15, 0.2) is 58.2 Å². The summed E-state index contributed by atoms with van der Waals surface area (Å²) in [5.74, 6) is 1.46. The van der Waals surface area contributed by atoms with Gasteiger partial charge in [-0.1, -0.05) is 0 Å². The molecule has 1 atom stereocenters. The van der Waals surface area contributed by atoms with Crippen molar-refractivity contribution in [2.75, 3.05) is 5.32 Å². The highest BCUT2D eigenvalue weighted by molar-refractivity contribution is 5.91. The number of benzene rings is 1. The molecule has 0 radical (unpaired) electrons. The summed E-state index contributed by atoms with van der Waals surface area (Å²) in [5, 5.41) is 17.7. The van der Waals surface area contributed by atoms with Crippen molar-refractivity contribution >= 4 is 22.4 Å². The molecule has 0 spiro atoms. The minimum Gasteiger partial charge on any atom is -0.445 e. The van der Waals surface area contributed by atoms with Crippen LogP contribution in [0.2, 0.25) is 0 Å². The molecule has 0 aliphatic heterocycles. The quantitative estimate of drug-likeness (QED) is 0.518. The van der Waals surface area contributed by atoms with Gasteiger partial charge in [-0.3, -0.25) is 9.48 Å². The molecule has 0 bridgehead atoms. The lowest BCUT2D eigenvalue weighted by molar-refractivity contribution is 0.426. The number of hydrogen-bond donors (Lipinski definition) is 2. The van der Waals surface area contributed by atoms with Crippen LogP contribution in [0, 0.1) is 17.2 Å². The predicted molar refractivity (Wildman–Crippen MR) is 108 cm³/mol. The Kier molecular flexibility index (Phi) is 4.13. The first-order valence-electron chi connectivity index (χ1n) is 9.48. The molecule has 0 amide bonds. The van der Waals surface area contributed by atoms with E-state index < -0.39 is 0 Å². The molecule has 3 aromatic heterocycles. The van der Waals surface area contributed by atoms with E-state index in [-0.39, 0.29) is 11.6 Å². The highest BCUT2D eigenvalue weighted by Gasteiger charge is 2.34. The van der Waals surface area contributed by atoms with E-state index >= 15 is 0 Å². The first kappa shape index (κ1) is 17.3. The minimum atomic E-state index is -0.209. The van der Waals surface area contributed by atoms with Gasteiger partial charge in [-0.2, -0.15) is 10.4 Å². The minimum absolute atomic E-state index is 0.0211. The molecular weight excluding hydrogens is 368 g/mol. The van der Waals surface area contributed by atoms with Crippen molar-refractivity contribution in [3.05, 3.63) is 59.3 Å². The Balaban J connectivity index is 1.53. The summed E-state index contributed by atoms with van der Waals surface area (Å²) in [6, 6.07) is 11.6. The number of aromatic nitrogens is 4. The lowest BCUT2D eigenvalue weighted by Crippen LogP contribution is -2.13. The third-order valence-corrected chi connectivity index (χ3v) is 5.24. The molecule has 1 aliphatic rings. The van der Waals surface area contributed by atoms with Gasteiger partial charge in [0, 0.05) is 17.4 Å². The van der Waals surface area contributed by atoms with E-state index in [2.05, 4.69) is 21.4 Å². The molecule has 5 rings (SSSR count). The number of aromatic amines is 1. The van der Waals surface area contributed by atoms with Gasteiger partial charge >= 0.3 is 0 Å². The van der Waals surface area contributed by atoms with Gasteiger partial charge in [0.15, 0.2) is 5.82 Å². The SMILES string of the molecule is N#CCC(C1CC1)n1nc(Nc2ccc(-c3ncco3)cc2)c2c(=O)[nH]ccc21. The van der Waals surface area contributed by atoms with Gasteiger partial charge < -0.3 is 14.7 Å². The Labute approximate surface area is 165 Å². The molecule has 144 valence electrons. The zero-order valence-corrected chi connectivity index (χ0v) is 15.5. The largest absolute Gasteiger partial charge is 0.445 e. The maximum absolute atomic E-state index is 12.5. The molecule has 4 aromatic rings. The molecule has 1 aromatic carbocycles. The van der Waals surface area contributed by atoms with Crippen LogP contribution >= 0.6 is 0 Å². The number of nitrogens with zero attached hydrogens (tertiary/aromatic N) is 4. The van der Waals surface area contributed by atoms with Crippen LogP contribution in [0.4, 0.5) is 11.5 Å². The third-order valence-electron chi connectivity index (χ3n) is 5.24. The number of fused-ring (bicyclic) bond motifs is 1. The number of rotatable bonds is 6. The Hall–Kier alpha value is -3.86. The van der Waals surface area contributed by atoms with Gasteiger partial charge in [0.25, 0.3) is 5.56 Å². The smallest absolute Gasteiger partial charge is 0.261 e. The number of H-pyrrole nitrogens is 1. The molecule has 1 saturated carbocycles. The van der Waals surface area contributed by atoms with Crippen LogP contribution in [0.1, 0.15) is 25.3 Å². The number of oxazole rings is 1. The Morgan fingerprint density at radius 2 is 2.14 bits per heavy atom. The molecule has 1 fully saturated rings. The van der Waals surface area contributed by atoms with Gasteiger partial charge in [-0.05, 0) is 49.1 Å². The molecule has 2 N–H and O–H groups in total. The molecule has 1 unspecified atom stereocenters. The monoisotopic (exact) mass is 386 g/mol. The van der Waals surface area contributed by atoms with E-state index in [9.17, 15) is 10.1 Å². The first-order valence-corrected chi connectivity index (χ1v) is 9.48. The summed E-state index contributed by atoms with van der Waals surface area (Å²) in [5.41, 5.74) is 2.17. The second-order valence-electron chi connectivity index (χ2n) is 7.17. The van der Waals surface area contributed by atoms with Crippen LogP contribution in [0.25, 0.3) is 22.4 Å². The van der Waals surface area contributed by atoms with Crippen molar-refractivity contribution in [2.45, 2.75) is 25.3 Å². The first-order chi connectivity index (χ1) is 14.2. The topological polar surface area (TPSA) is 113 Å². The highest BCUT2D eigenvalue weighted by atomic mass is 16.3. The van der Waals surface area contributed by atoms with E-state index in [0.717, 1.165) is 29.6 Å². The van der Waals surface area contributed by atoms with E-state index in [0.29, 0.717) is 29.4 Å². The Morgan fingerprint density at radius 1 is 1.31 bits per heavy atom. The highest BCUT2D eigenvalue weighted by Crippen LogP contribution is 2.42. The average Bonchev–Trinajstić information content (AvgIpc) is 3.29. The standard InChI is InChI=1S/C21H18N6O2/c22-9-7-16(13-1-2-13)27-17-8-10-23-20(28)18(17)19(26-27)25-15-5-3-14(4-6-15)21-24-11-12-29-21/h3-6,8,10-13,16H,1-2,7H2,(H,23,28)(H,25,26). The van der Waals surface area contributed by atoms with Gasteiger partial charge in [0.05, 0.1) is 30.2 Å². The maximum Gasteiger partial charge on any atom is 0.261 e. The van der Waals surface area contributed by atoms with Crippen molar-refractivity contribution in [1.82, 2.24) is 19.7 Å². The summed E-state index contributed by atoms with van der Waals surface area (Å²) >= 11 is 0. The Morgan fingerprint density at radius 3 is 2.83 bits per heavy atom. The summed E-state index contributed by atoms with van der Waals surface area (Å²) in [4.78, 5) is 19.4. The lowest BCUT2D eigenvalue weighted by Gasteiger charge is -2.14. The van der Waals surface area contributed by atoms with Crippen molar-refractivity contribution in [2.24, 2.45) is 5.92 Å². The second-order valence-corrected chi connectivity index (χ2v) is 7.17. The number of hydrogen-bond acceptors (Lipinski definition) is 6. The molecule has 0 saturated heterocycles. The normalized spacial score (nSPS) is 14.6. The molecule has 29 heavy (non-hydrogen) atoms. The fourth-order valence-electron chi connectivity index (χ4n) is 3.67. The van der Waals surface area contributed by atoms with Crippen LogP contribution in [-0.4, -0.2) is 19.7 Å². The number of nitriles is 1. The van der Waals surface area contributed by atoms with Crippen molar-refractivity contribution in [3.63, 3.8) is 0 Å². The summed E-state index contributed by atoms with van der Waals surface area (Å²) in [7, 11) is 0. The molecule has 8 nitrogen and oxygen atoms in total. The predicted octanol–water partition coefficient (Wildman–Crippen LogP) is 3.99. The van der Waals surface area contributed by atoms with Gasteiger partial charge in [0.1, 0.15) is 11.6 Å². The van der Waals surface area contributed by atoms with E-state index in [1.165, 1.54) is 6.26 Å². The van der Waals surface area contributed by atoms with Gasteiger partial charge in [0.2, 0.25) is 5.89 Å². The number of nitrogens with one attached hydrogen (secondary N) is 2. The summed E-state index contributed by atoms with van der Waals surface area (Å²) in [6.07, 6.45) is 7.30. The van der Waals surface area contributed by atoms with E-state index in [1.807, 2.05) is 35.0 Å². The van der Waals surface area contributed by atoms with E-state index in [4.69, 9.17) is 9.52 Å². The maximum atomic E-state index is 12.5. The zero-order chi connectivity index (χ0) is 19.8. The summed E-state index contributed by atoms with van der Waals surface area (Å²) in [6.45, 7) is 0. The fourth-order valence-corrected chi connectivity index (χ4v) is 3.67. The molecule has 3 heterocycles.